The van der Waals surface area contributed by atoms with Gasteiger partial charge in [0.1, 0.15) is 0 Å². The average molecular weight is 493 g/mol. The monoisotopic (exact) mass is 492 g/mol. The Morgan fingerprint density at radius 2 is 1.06 bits per heavy atom. The summed E-state index contributed by atoms with van der Waals surface area (Å²) in [6, 6.07) is 0. The molecule has 0 unspecified atom stereocenters. The summed E-state index contributed by atoms with van der Waals surface area (Å²) in [4.78, 5) is 48.2. The van der Waals surface area contributed by atoms with Crippen molar-refractivity contribution in [1.82, 2.24) is 20.4 Å². The van der Waals surface area contributed by atoms with Crippen molar-refractivity contribution in [3.05, 3.63) is 0 Å². The van der Waals surface area contributed by atoms with Gasteiger partial charge in [-0.1, -0.05) is 0 Å². The van der Waals surface area contributed by atoms with Gasteiger partial charge < -0.3 is 34.6 Å². The minimum atomic E-state index is -0.257. The molecule has 12 nitrogen and oxygen atoms in total. The van der Waals surface area contributed by atoms with Gasteiger partial charge in [-0.25, -0.2) is 9.78 Å². The SMILES string of the molecule is COOCCCNCCN(CCC(=O)OC)CCN(CCNCCC(=O)OC)CCC(=O)OC. The Hall–Kier alpha value is -1.83. The van der Waals surface area contributed by atoms with Gasteiger partial charge in [0.05, 0.1) is 54.3 Å². The second-order valence-electron chi connectivity index (χ2n) is 7.50. The molecule has 0 aromatic heterocycles. The van der Waals surface area contributed by atoms with Crippen molar-refractivity contribution in [2.45, 2.75) is 25.7 Å². The number of rotatable bonds is 23. The Morgan fingerprint density at radius 3 is 1.53 bits per heavy atom. The number of carbonyl (C=O) groups excluding carboxylic acids is 3. The molecular weight excluding hydrogens is 448 g/mol. The van der Waals surface area contributed by atoms with Crippen molar-refractivity contribution in [3.8, 4) is 0 Å². The lowest BCUT2D eigenvalue weighted by Crippen LogP contribution is -2.42. The molecule has 0 radical (unpaired) electrons. The normalized spacial score (nSPS) is 11.1. The summed E-state index contributed by atoms with van der Waals surface area (Å²) >= 11 is 0. The van der Waals surface area contributed by atoms with E-state index in [4.69, 9.17) is 14.4 Å². The van der Waals surface area contributed by atoms with E-state index in [1.807, 2.05) is 0 Å². The summed E-state index contributed by atoms with van der Waals surface area (Å²) in [5.74, 6) is -0.754. The summed E-state index contributed by atoms with van der Waals surface area (Å²) in [6.07, 6.45) is 1.76. The number of hydrogen-bond acceptors (Lipinski definition) is 12. The minimum absolute atomic E-state index is 0.243. The van der Waals surface area contributed by atoms with Crippen LogP contribution in [0.1, 0.15) is 25.7 Å². The third kappa shape index (κ3) is 19.6. The molecular formula is C22H44N4O8. The highest BCUT2D eigenvalue weighted by molar-refractivity contribution is 5.69. The van der Waals surface area contributed by atoms with Crippen LogP contribution in [0.15, 0.2) is 0 Å². The molecule has 0 bridgehead atoms. The molecule has 0 atom stereocenters. The molecule has 0 aliphatic rings. The fraction of sp³-hybridized carbons (Fsp3) is 0.864. The summed E-state index contributed by atoms with van der Waals surface area (Å²) in [5.41, 5.74) is 0. The van der Waals surface area contributed by atoms with Gasteiger partial charge in [-0.05, 0) is 13.0 Å². The fourth-order valence-electron chi connectivity index (χ4n) is 3.01. The Balaban J connectivity index is 4.60. The first-order chi connectivity index (χ1) is 16.5. The number of esters is 3. The largest absolute Gasteiger partial charge is 0.469 e. The third-order valence-electron chi connectivity index (χ3n) is 5.09. The first-order valence-electron chi connectivity index (χ1n) is 11.7. The van der Waals surface area contributed by atoms with Gasteiger partial charge in [0, 0.05) is 58.9 Å². The Bertz CT molecular complexity index is 539. The lowest BCUT2D eigenvalue weighted by molar-refractivity contribution is -0.272. The Labute approximate surface area is 203 Å². The summed E-state index contributed by atoms with van der Waals surface area (Å²) in [7, 11) is 5.62. The standard InChI is InChI=1S/C22H44N4O8/c1-30-20(27)6-10-24-12-16-26(14-8-22(29)32-3)18-17-25(13-7-21(28)31-2)15-11-23-9-5-19-34-33-4/h23-24H,5-19H2,1-4H3. The van der Waals surface area contributed by atoms with Crippen LogP contribution in [0, 0.1) is 0 Å². The van der Waals surface area contributed by atoms with Crippen LogP contribution in [0.3, 0.4) is 0 Å². The predicted molar refractivity (Wildman–Crippen MR) is 126 cm³/mol. The number of nitrogens with zero attached hydrogens (tertiary/aromatic N) is 2. The summed E-state index contributed by atoms with van der Waals surface area (Å²) < 4.78 is 14.2. The Kier molecular flexibility index (Phi) is 21.7. The average Bonchev–Trinajstić information content (AvgIpc) is 2.85. The lowest BCUT2D eigenvalue weighted by Gasteiger charge is -2.27. The zero-order valence-corrected chi connectivity index (χ0v) is 21.3. The second kappa shape index (κ2) is 22.9. The number of hydrogen-bond donors (Lipinski definition) is 2. The molecule has 0 rings (SSSR count). The van der Waals surface area contributed by atoms with Crippen molar-refractivity contribution < 1.29 is 38.4 Å². The molecule has 0 aromatic carbocycles. The van der Waals surface area contributed by atoms with E-state index in [0.717, 1.165) is 39.1 Å². The number of methoxy groups -OCH3 is 3. The first-order valence-corrected chi connectivity index (χ1v) is 11.7. The highest BCUT2D eigenvalue weighted by Gasteiger charge is 2.13. The van der Waals surface area contributed by atoms with Crippen LogP contribution in [0.2, 0.25) is 0 Å². The van der Waals surface area contributed by atoms with Crippen molar-refractivity contribution >= 4 is 17.9 Å². The molecule has 34 heavy (non-hydrogen) atoms. The molecule has 2 N–H and O–H groups in total. The molecule has 0 aliphatic heterocycles. The number of nitrogens with one attached hydrogen (secondary N) is 2. The molecule has 0 aliphatic carbocycles. The maximum absolute atomic E-state index is 11.6. The highest BCUT2D eigenvalue weighted by atomic mass is 17.2. The van der Waals surface area contributed by atoms with E-state index < -0.39 is 0 Å². The summed E-state index contributed by atoms with van der Waals surface area (Å²) in [6.45, 7) is 7.38. The van der Waals surface area contributed by atoms with E-state index >= 15 is 0 Å². The summed E-state index contributed by atoms with van der Waals surface area (Å²) in [5, 5.41) is 6.58. The first kappa shape index (κ1) is 32.2. The number of ether oxygens (including phenoxy) is 3. The van der Waals surface area contributed by atoms with Crippen LogP contribution in [-0.2, 0) is 38.4 Å². The highest BCUT2D eigenvalue weighted by Crippen LogP contribution is 1.99. The van der Waals surface area contributed by atoms with E-state index in [1.54, 1.807) is 0 Å². The molecule has 0 aromatic rings. The Morgan fingerprint density at radius 1 is 0.588 bits per heavy atom. The van der Waals surface area contributed by atoms with Gasteiger partial charge in [0.2, 0.25) is 0 Å². The van der Waals surface area contributed by atoms with E-state index in [2.05, 4.69) is 30.1 Å². The second-order valence-corrected chi connectivity index (χ2v) is 7.50. The van der Waals surface area contributed by atoms with E-state index in [9.17, 15) is 14.4 Å². The molecule has 0 spiro atoms. The molecule has 0 heterocycles. The van der Waals surface area contributed by atoms with Crippen LogP contribution < -0.4 is 10.6 Å². The molecule has 0 amide bonds. The van der Waals surface area contributed by atoms with Crippen LogP contribution in [0.25, 0.3) is 0 Å². The van der Waals surface area contributed by atoms with Gasteiger partial charge in [-0.2, -0.15) is 0 Å². The third-order valence-corrected chi connectivity index (χ3v) is 5.09. The maximum Gasteiger partial charge on any atom is 0.306 e. The van der Waals surface area contributed by atoms with E-state index in [1.165, 1.54) is 28.4 Å². The van der Waals surface area contributed by atoms with Crippen molar-refractivity contribution in [2.24, 2.45) is 0 Å². The molecule has 200 valence electrons. The van der Waals surface area contributed by atoms with Gasteiger partial charge in [-0.15, -0.1) is 0 Å². The molecule has 0 saturated carbocycles. The van der Waals surface area contributed by atoms with Crippen LogP contribution in [0.5, 0.6) is 0 Å². The van der Waals surface area contributed by atoms with Crippen molar-refractivity contribution in [1.29, 1.82) is 0 Å². The minimum Gasteiger partial charge on any atom is -0.469 e. The molecule has 0 fully saturated rings. The topological polar surface area (TPSA) is 128 Å². The van der Waals surface area contributed by atoms with Gasteiger partial charge >= 0.3 is 17.9 Å². The lowest BCUT2D eigenvalue weighted by atomic mass is 10.3. The number of carbonyl (C=O) groups is 3. The maximum atomic E-state index is 11.6. The van der Waals surface area contributed by atoms with Crippen LogP contribution >= 0.6 is 0 Å². The van der Waals surface area contributed by atoms with Gasteiger partial charge in [0.25, 0.3) is 0 Å². The molecule has 0 saturated heterocycles. The van der Waals surface area contributed by atoms with Gasteiger partial charge in [0.15, 0.2) is 0 Å². The van der Waals surface area contributed by atoms with Crippen LogP contribution in [-0.4, -0.2) is 128 Å². The zero-order chi connectivity index (χ0) is 25.4. The predicted octanol–water partition coefficient (Wildman–Crippen LogP) is -0.573. The smallest absolute Gasteiger partial charge is 0.306 e. The van der Waals surface area contributed by atoms with E-state index in [0.29, 0.717) is 58.6 Å². The quantitative estimate of drug-likeness (QED) is 0.0623. The fourth-order valence-corrected chi connectivity index (χ4v) is 3.01. The van der Waals surface area contributed by atoms with Crippen LogP contribution in [0.4, 0.5) is 0 Å². The molecule has 12 heteroatoms. The van der Waals surface area contributed by atoms with E-state index in [-0.39, 0.29) is 17.9 Å². The van der Waals surface area contributed by atoms with Crippen molar-refractivity contribution in [2.75, 3.05) is 100 Å². The van der Waals surface area contributed by atoms with Gasteiger partial charge in [-0.3, -0.25) is 14.4 Å². The van der Waals surface area contributed by atoms with Crippen molar-refractivity contribution in [3.63, 3.8) is 0 Å². The zero-order valence-electron chi connectivity index (χ0n) is 21.3.